The molecule has 0 bridgehead atoms. The van der Waals surface area contributed by atoms with E-state index >= 15 is 0 Å². The first-order chi connectivity index (χ1) is 13.4. The molecule has 4 rings (SSSR count). The number of nitrogens with zero attached hydrogens (tertiary/aromatic N) is 2. The van der Waals surface area contributed by atoms with Gasteiger partial charge in [-0.15, -0.1) is 0 Å². The number of aryl methyl sites for hydroxylation is 2. The lowest BCUT2D eigenvalue weighted by Gasteiger charge is -2.32. The SMILES string of the molecule is Cc1ccc(S(=O)(=O)n2cc(B3OC(C)(C)C(C)(C)O3)c3ccnc(C)c32)cc1. The predicted octanol–water partition coefficient (Wildman–Crippen LogP) is 3.19. The van der Waals surface area contributed by atoms with Crippen LogP contribution in [0.4, 0.5) is 0 Å². The maximum Gasteiger partial charge on any atom is 0.497 e. The second-order valence-corrected chi connectivity index (χ2v) is 10.4. The first kappa shape index (κ1) is 20.1. The van der Waals surface area contributed by atoms with Crippen molar-refractivity contribution in [1.29, 1.82) is 0 Å². The van der Waals surface area contributed by atoms with E-state index < -0.39 is 28.3 Å². The largest absolute Gasteiger partial charge is 0.497 e. The highest BCUT2D eigenvalue weighted by Crippen LogP contribution is 2.37. The Morgan fingerprint density at radius 3 is 2.14 bits per heavy atom. The minimum atomic E-state index is -3.81. The quantitative estimate of drug-likeness (QED) is 0.618. The van der Waals surface area contributed by atoms with Crippen molar-refractivity contribution in [2.45, 2.75) is 57.6 Å². The fourth-order valence-electron chi connectivity index (χ4n) is 3.50. The van der Waals surface area contributed by atoms with Crippen LogP contribution in [0.3, 0.4) is 0 Å². The molecule has 152 valence electrons. The zero-order chi connectivity index (χ0) is 21.2. The van der Waals surface area contributed by atoms with E-state index in [0.717, 1.165) is 10.9 Å². The van der Waals surface area contributed by atoms with E-state index in [-0.39, 0.29) is 4.90 Å². The minimum Gasteiger partial charge on any atom is -0.399 e. The van der Waals surface area contributed by atoms with E-state index in [9.17, 15) is 8.42 Å². The van der Waals surface area contributed by atoms with E-state index in [1.165, 1.54) is 3.97 Å². The second-order valence-electron chi connectivity index (χ2n) is 8.58. The van der Waals surface area contributed by atoms with Crippen molar-refractivity contribution in [2.75, 3.05) is 0 Å². The van der Waals surface area contributed by atoms with Gasteiger partial charge in [-0.1, -0.05) is 17.7 Å². The van der Waals surface area contributed by atoms with E-state index in [4.69, 9.17) is 9.31 Å². The predicted molar refractivity (Wildman–Crippen MR) is 114 cm³/mol. The molecule has 0 aliphatic carbocycles. The highest BCUT2D eigenvalue weighted by atomic mass is 32.2. The molecule has 1 aromatic carbocycles. The maximum absolute atomic E-state index is 13.4. The summed E-state index contributed by atoms with van der Waals surface area (Å²) in [6.45, 7) is 11.6. The van der Waals surface area contributed by atoms with E-state index in [1.807, 2.05) is 40.7 Å². The van der Waals surface area contributed by atoms with Crippen LogP contribution in [-0.2, 0) is 19.3 Å². The summed E-state index contributed by atoms with van der Waals surface area (Å²) in [7, 11) is -4.47. The first-order valence-corrected chi connectivity index (χ1v) is 11.0. The molecule has 6 nitrogen and oxygen atoms in total. The number of rotatable bonds is 3. The van der Waals surface area contributed by atoms with Crippen molar-refractivity contribution in [3.63, 3.8) is 0 Å². The zero-order valence-corrected chi connectivity index (χ0v) is 18.4. The Labute approximate surface area is 172 Å². The summed E-state index contributed by atoms with van der Waals surface area (Å²) in [5, 5.41) is 0.756. The number of fused-ring (bicyclic) bond motifs is 1. The number of hydrogen-bond acceptors (Lipinski definition) is 5. The van der Waals surface area contributed by atoms with Crippen molar-refractivity contribution in [1.82, 2.24) is 8.96 Å². The van der Waals surface area contributed by atoms with Gasteiger partial charge in [-0.2, -0.15) is 0 Å². The molecule has 3 heterocycles. The van der Waals surface area contributed by atoms with Crippen LogP contribution in [0.5, 0.6) is 0 Å². The summed E-state index contributed by atoms with van der Waals surface area (Å²) in [5.41, 5.74) is 1.80. The number of hydrogen-bond donors (Lipinski definition) is 0. The maximum atomic E-state index is 13.4. The normalized spacial score (nSPS) is 18.5. The smallest absolute Gasteiger partial charge is 0.399 e. The van der Waals surface area contributed by atoms with Gasteiger partial charge in [0.1, 0.15) is 0 Å². The molecule has 1 aliphatic heterocycles. The molecule has 0 unspecified atom stereocenters. The molecular formula is C21H25BN2O4S. The van der Waals surface area contributed by atoms with E-state index in [2.05, 4.69) is 4.98 Å². The third-order valence-electron chi connectivity index (χ3n) is 5.98. The van der Waals surface area contributed by atoms with Crippen molar-refractivity contribution < 1.29 is 17.7 Å². The molecule has 1 fully saturated rings. The third-order valence-corrected chi connectivity index (χ3v) is 7.65. The topological polar surface area (TPSA) is 70.4 Å². The number of benzene rings is 1. The highest BCUT2D eigenvalue weighted by Gasteiger charge is 2.52. The number of aromatic nitrogens is 2. The Hall–Kier alpha value is -2.16. The first-order valence-electron chi connectivity index (χ1n) is 9.58. The summed E-state index contributed by atoms with van der Waals surface area (Å²) in [6, 6.07) is 8.63. The summed E-state index contributed by atoms with van der Waals surface area (Å²) >= 11 is 0. The Bertz CT molecular complexity index is 1180. The average Bonchev–Trinajstić information content (AvgIpc) is 3.12. The van der Waals surface area contributed by atoms with Gasteiger partial charge in [0.15, 0.2) is 0 Å². The lowest BCUT2D eigenvalue weighted by atomic mass is 9.79. The van der Waals surface area contributed by atoms with E-state index in [0.29, 0.717) is 16.7 Å². The lowest BCUT2D eigenvalue weighted by molar-refractivity contribution is 0.00578. The third kappa shape index (κ3) is 3.10. The van der Waals surface area contributed by atoms with Gasteiger partial charge in [-0.25, -0.2) is 12.4 Å². The van der Waals surface area contributed by atoms with E-state index in [1.54, 1.807) is 43.6 Å². The van der Waals surface area contributed by atoms with Gasteiger partial charge < -0.3 is 9.31 Å². The van der Waals surface area contributed by atoms with Gasteiger partial charge in [0.25, 0.3) is 10.0 Å². The Balaban J connectivity index is 1.93. The molecule has 0 atom stereocenters. The molecule has 0 radical (unpaired) electrons. The van der Waals surface area contributed by atoms with Crippen LogP contribution < -0.4 is 5.46 Å². The standard InChI is InChI=1S/C21H25BN2O4S/c1-14-7-9-16(10-8-14)29(25,26)24-13-18(17-11-12-23-15(2)19(17)24)22-27-20(3,4)21(5,6)28-22/h7-13H,1-6H3. The van der Waals surface area contributed by atoms with Crippen molar-refractivity contribution in [3.05, 3.63) is 54.0 Å². The Morgan fingerprint density at radius 1 is 0.966 bits per heavy atom. The lowest BCUT2D eigenvalue weighted by Crippen LogP contribution is -2.41. The van der Waals surface area contributed by atoms with Crippen LogP contribution in [0.15, 0.2) is 47.6 Å². The average molecular weight is 412 g/mol. The van der Waals surface area contributed by atoms with Gasteiger partial charge in [-0.3, -0.25) is 4.98 Å². The van der Waals surface area contributed by atoms with Gasteiger partial charge in [0.2, 0.25) is 0 Å². The molecule has 2 aromatic heterocycles. The summed E-state index contributed by atoms with van der Waals surface area (Å²) < 4.78 is 40.6. The van der Waals surface area contributed by atoms with Gasteiger partial charge in [0, 0.05) is 23.2 Å². The van der Waals surface area contributed by atoms with Gasteiger partial charge >= 0.3 is 7.12 Å². The minimum absolute atomic E-state index is 0.226. The molecule has 1 saturated heterocycles. The molecule has 0 saturated carbocycles. The Morgan fingerprint density at radius 2 is 1.55 bits per heavy atom. The summed E-state index contributed by atoms with van der Waals surface area (Å²) in [6.07, 6.45) is 3.28. The molecule has 0 N–H and O–H groups in total. The summed E-state index contributed by atoms with van der Waals surface area (Å²) in [4.78, 5) is 4.55. The molecule has 0 amide bonds. The highest BCUT2D eigenvalue weighted by molar-refractivity contribution is 7.90. The van der Waals surface area contributed by atoms with Crippen LogP contribution in [-0.4, -0.2) is 35.7 Å². The molecular weight excluding hydrogens is 387 g/mol. The van der Waals surface area contributed by atoms with Crippen LogP contribution in [0, 0.1) is 13.8 Å². The zero-order valence-electron chi connectivity index (χ0n) is 17.6. The summed E-state index contributed by atoms with van der Waals surface area (Å²) in [5.74, 6) is 0. The van der Waals surface area contributed by atoms with Crippen LogP contribution in [0.25, 0.3) is 10.9 Å². The molecule has 8 heteroatoms. The van der Waals surface area contributed by atoms with Crippen LogP contribution in [0.1, 0.15) is 39.0 Å². The Kier molecular flexibility index (Phi) is 4.46. The molecule has 29 heavy (non-hydrogen) atoms. The fourth-order valence-corrected chi connectivity index (χ4v) is 4.93. The monoisotopic (exact) mass is 412 g/mol. The van der Waals surface area contributed by atoms with Gasteiger partial charge in [0.05, 0.1) is 27.3 Å². The molecule has 1 aliphatic rings. The van der Waals surface area contributed by atoms with Crippen molar-refractivity contribution in [2.24, 2.45) is 0 Å². The van der Waals surface area contributed by atoms with Crippen LogP contribution >= 0.6 is 0 Å². The number of pyridine rings is 1. The van der Waals surface area contributed by atoms with Crippen LogP contribution in [0.2, 0.25) is 0 Å². The fraction of sp³-hybridized carbons (Fsp3) is 0.381. The molecule has 3 aromatic rings. The van der Waals surface area contributed by atoms with Crippen molar-refractivity contribution >= 4 is 33.5 Å². The van der Waals surface area contributed by atoms with Gasteiger partial charge in [-0.05, 0) is 59.7 Å². The van der Waals surface area contributed by atoms with Crippen molar-refractivity contribution in [3.8, 4) is 0 Å². The molecule has 0 spiro atoms. The second kappa shape index (κ2) is 6.42.